The second-order valence-electron chi connectivity index (χ2n) is 5.92. The molecule has 4 N–H and O–H groups in total. The Bertz CT molecular complexity index is 751. The largest absolute Gasteiger partial charge is 0.463 e. The Hall–Kier alpha value is -2.30. The van der Waals surface area contributed by atoms with Gasteiger partial charge in [0.05, 0.1) is 6.33 Å². The summed E-state index contributed by atoms with van der Waals surface area (Å²) in [7, 11) is 0. The highest BCUT2D eigenvalue weighted by atomic mass is 16.6. The molecule has 3 rings (SSSR count). The summed E-state index contributed by atoms with van der Waals surface area (Å²) in [5, 5.41) is 20.5. The fourth-order valence-electron chi connectivity index (χ4n) is 2.72. The molecule has 0 aliphatic carbocycles. The van der Waals surface area contributed by atoms with Gasteiger partial charge < -0.3 is 25.4 Å². The van der Waals surface area contributed by atoms with Gasteiger partial charge in [-0.2, -0.15) is 0 Å². The van der Waals surface area contributed by atoms with E-state index in [-0.39, 0.29) is 18.4 Å². The zero-order chi connectivity index (χ0) is 18.0. The van der Waals surface area contributed by atoms with Gasteiger partial charge in [-0.3, -0.25) is 9.36 Å². The van der Waals surface area contributed by atoms with E-state index in [4.69, 9.17) is 15.2 Å². The zero-order valence-corrected chi connectivity index (χ0v) is 13.8. The summed E-state index contributed by atoms with van der Waals surface area (Å²) in [6.45, 7) is 1.84. The Morgan fingerprint density at radius 1 is 1.36 bits per heavy atom. The van der Waals surface area contributed by atoms with Crippen LogP contribution in [0.2, 0.25) is 0 Å². The van der Waals surface area contributed by atoms with Crippen molar-refractivity contribution in [3.05, 3.63) is 12.7 Å². The summed E-state index contributed by atoms with van der Waals surface area (Å²) < 4.78 is 12.3. The molecule has 2 aromatic rings. The van der Waals surface area contributed by atoms with Gasteiger partial charge in [-0.25, -0.2) is 15.0 Å². The van der Waals surface area contributed by atoms with Crippen LogP contribution in [0.25, 0.3) is 11.2 Å². The molecule has 136 valence electrons. The molecule has 0 spiro atoms. The summed E-state index contributed by atoms with van der Waals surface area (Å²) in [6.07, 6.45) is 0.418. The first-order valence-corrected chi connectivity index (χ1v) is 8.13. The van der Waals surface area contributed by atoms with Gasteiger partial charge in [-0.05, 0) is 6.42 Å². The van der Waals surface area contributed by atoms with Gasteiger partial charge in [0.25, 0.3) is 0 Å². The van der Waals surface area contributed by atoms with Crippen molar-refractivity contribution >= 4 is 23.0 Å². The van der Waals surface area contributed by atoms with E-state index in [1.54, 1.807) is 0 Å². The molecule has 10 heteroatoms. The maximum Gasteiger partial charge on any atom is 0.305 e. The third kappa shape index (κ3) is 3.41. The molecule has 0 bridgehead atoms. The first-order valence-electron chi connectivity index (χ1n) is 8.13. The summed E-state index contributed by atoms with van der Waals surface area (Å²) in [5.74, 6) is -0.151. The predicted molar refractivity (Wildman–Crippen MR) is 86.1 cm³/mol. The fourth-order valence-corrected chi connectivity index (χ4v) is 2.72. The molecule has 0 radical (unpaired) electrons. The Kier molecular flexibility index (Phi) is 5.11. The van der Waals surface area contributed by atoms with E-state index in [1.165, 1.54) is 17.2 Å². The van der Waals surface area contributed by atoms with Crippen LogP contribution in [0.5, 0.6) is 0 Å². The Morgan fingerprint density at radius 2 is 2.16 bits per heavy atom. The summed E-state index contributed by atoms with van der Waals surface area (Å²) >= 11 is 0. The van der Waals surface area contributed by atoms with Crippen molar-refractivity contribution < 1.29 is 24.5 Å². The lowest BCUT2D eigenvalue weighted by Crippen LogP contribution is -2.34. The van der Waals surface area contributed by atoms with Crippen LogP contribution in [0.3, 0.4) is 0 Å². The second kappa shape index (κ2) is 7.30. The second-order valence-corrected chi connectivity index (χ2v) is 5.92. The lowest BCUT2D eigenvalue weighted by Gasteiger charge is -2.16. The van der Waals surface area contributed by atoms with Gasteiger partial charge in [0.15, 0.2) is 17.7 Å². The highest BCUT2D eigenvalue weighted by Gasteiger charge is 2.44. The van der Waals surface area contributed by atoms with Gasteiger partial charge in [0.1, 0.15) is 36.8 Å². The first-order chi connectivity index (χ1) is 12.0. The average Bonchev–Trinajstić information content (AvgIpc) is 3.15. The normalized spacial score (nSPS) is 26.2. The van der Waals surface area contributed by atoms with E-state index in [0.29, 0.717) is 17.6 Å². The number of nitrogens with zero attached hydrogens (tertiary/aromatic N) is 4. The zero-order valence-electron chi connectivity index (χ0n) is 13.8. The Labute approximate surface area is 143 Å². The third-order valence-corrected chi connectivity index (χ3v) is 4.14. The number of fused-ring (bicyclic) bond motifs is 1. The topological polar surface area (TPSA) is 146 Å². The van der Waals surface area contributed by atoms with Crippen molar-refractivity contribution in [1.82, 2.24) is 19.5 Å². The number of rotatable bonds is 6. The number of carbonyl (C=O) groups excluding carboxylic acids is 1. The molecule has 0 amide bonds. The number of aromatic nitrogens is 4. The summed E-state index contributed by atoms with van der Waals surface area (Å²) in [5.41, 5.74) is 6.50. The van der Waals surface area contributed by atoms with E-state index in [9.17, 15) is 15.0 Å². The maximum absolute atomic E-state index is 11.6. The number of carbonyl (C=O) groups is 1. The molecule has 1 aliphatic heterocycles. The minimum atomic E-state index is -1.23. The lowest BCUT2D eigenvalue weighted by atomic mass is 10.1. The van der Waals surface area contributed by atoms with Crippen LogP contribution in [-0.4, -0.2) is 60.6 Å². The maximum atomic E-state index is 11.6. The van der Waals surface area contributed by atoms with Crippen molar-refractivity contribution in [2.24, 2.45) is 0 Å². The number of esters is 1. The van der Waals surface area contributed by atoms with Crippen molar-refractivity contribution in [2.75, 3.05) is 12.3 Å². The number of ether oxygens (including phenoxy) is 2. The number of anilines is 1. The Balaban J connectivity index is 1.71. The molecular weight excluding hydrogens is 330 g/mol. The van der Waals surface area contributed by atoms with Crippen LogP contribution in [-0.2, 0) is 14.3 Å². The molecule has 4 unspecified atom stereocenters. The minimum Gasteiger partial charge on any atom is -0.463 e. The van der Waals surface area contributed by atoms with Crippen LogP contribution in [0.4, 0.5) is 5.82 Å². The first kappa shape index (κ1) is 17.5. The van der Waals surface area contributed by atoms with E-state index < -0.39 is 24.5 Å². The van der Waals surface area contributed by atoms with E-state index in [2.05, 4.69) is 15.0 Å². The smallest absolute Gasteiger partial charge is 0.305 e. The number of aliphatic hydroxyl groups excluding tert-OH is 2. The monoisotopic (exact) mass is 351 g/mol. The van der Waals surface area contributed by atoms with Gasteiger partial charge in [0.2, 0.25) is 0 Å². The van der Waals surface area contributed by atoms with Crippen LogP contribution in [0, 0.1) is 0 Å². The van der Waals surface area contributed by atoms with E-state index in [1.807, 2.05) is 6.92 Å². The Morgan fingerprint density at radius 3 is 2.92 bits per heavy atom. The number of hydrogen-bond acceptors (Lipinski definition) is 9. The molecule has 25 heavy (non-hydrogen) atoms. The number of nitrogen functional groups attached to an aromatic ring is 1. The lowest BCUT2D eigenvalue weighted by molar-refractivity contribution is -0.150. The minimum absolute atomic E-state index is 0.138. The van der Waals surface area contributed by atoms with Crippen molar-refractivity contribution in [1.29, 1.82) is 0 Å². The van der Waals surface area contributed by atoms with E-state index >= 15 is 0 Å². The standard InChI is InChI=1S/C15H21N5O5/c1-2-3-4-9(21)24-5-8-11(22)12(23)15(25-8)20-7-19-10-13(16)17-6-18-14(10)20/h6-8,11-12,15,22-23H,2-5H2,1H3,(H2,16,17,18). The fraction of sp³-hybridized carbons (Fsp3) is 0.600. The number of unbranched alkanes of at least 4 members (excludes halogenated alkanes) is 1. The molecule has 1 saturated heterocycles. The van der Waals surface area contributed by atoms with Crippen LogP contribution in [0.15, 0.2) is 12.7 Å². The molecular formula is C15H21N5O5. The van der Waals surface area contributed by atoms with Gasteiger partial charge in [-0.15, -0.1) is 0 Å². The highest BCUT2D eigenvalue weighted by molar-refractivity contribution is 5.81. The molecule has 3 heterocycles. The summed E-state index contributed by atoms with van der Waals surface area (Å²) in [6, 6.07) is 0. The third-order valence-electron chi connectivity index (χ3n) is 4.14. The molecule has 10 nitrogen and oxygen atoms in total. The van der Waals surface area contributed by atoms with Crippen LogP contribution >= 0.6 is 0 Å². The number of imidazole rings is 1. The van der Waals surface area contributed by atoms with Crippen LogP contribution in [0.1, 0.15) is 32.4 Å². The molecule has 2 aromatic heterocycles. The van der Waals surface area contributed by atoms with Crippen molar-refractivity contribution in [3.8, 4) is 0 Å². The van der Waals surface area contributed by atoms with Crippen molar-refractivity contribution in [2.45, 2.75) is 50.7 Å². The molecule has 1 aliphatic rings. The molecule has 0 saturated carbocycles. The molecule has 4 atom stereocenters. The van der Waals surface area contributed by atoms with Gasteiger partial charge >= 0.3 is 5.97 Å². The molecule has 1 fully saturated rings. The number of nitrogens with two attached hydrogens (primary N) is 1. The quantitative estimate of drug-likeness (QED) is 0.600. The predicted octanol–water partition coefficient (Wildman–Crippen LogP) is -0.239. The van der Waals surface area contributed by atoms with Gasteiger partial charge in [0, 0.05) is 6.42 Å². The molecule has 0 aromatic carbocycles. The van der Waals surface area contributed by atoms with E-state index in [0.717, 1.165) is 12.8 Å². The number of aliphatic hydroxyl groups is 2. The van der Waals surface area contributed by atoms with Gasteiger partial charge in [-0.1, -0.05) is 13.3 Å². The number of hydrogen-bond donors (Lipinski definition) is 3. The van der Waals surface area contributed by atoms with Crippen LogP contribution < -0.4 is 5.73 Å². The average molecular weight is 351 g/mol. The van der Waals surface area contributed by atoms with Crippen molar-refractivity contribution in [3.63, 3.8) is 0 Å². The summed E-state index contributed by atoms with van der Waals surface area (Å²) in [4.78, 5) is 23.7. The highest BCUT2D eigenvalue weighted by Crippen LogP contribution is 2.32. The SMILES string of the molecule is CCCCC(=O)OCC1OC(n2cnc3c(N)ncnc32)C(O)C1O.